The first kappa shape index (κ1) is 9.16. The Kier molecular flexibility index (Phi) is 1.67. The molecular weight excluding hydrogens is 219 g/mol. The molecule has 78 valence electrons. The van der Waals surface area contributed by atoms with Crippen molar-refractivity contribution >= 4 is 17.6 Å². The number of halogens is 2. The highest BCUT2D eigenvalue weighted by atomic mass is 35.5. The first-order valence-corrected chi connectivity index (χ1v) is 5.18. The number of hydrogen-bond donors (Lipinski definition) is 1. The minimum Gasteiger partial charge on any atom is -0.481 e. The molecule has 0 heterocycles. The summed E-state index contributed by atoms with van der Waals surface area (Å²) in [7, 11) is 0. The lowest BCUT2D eigenvalue weighted by atomic mass is 10.0. The summed E-state index contributed by atoms with van der Waals surface area (Å²) in [5, 5.41) is 9.02. The fourth-order valence-electron chi connectivity index (χ4n) is 2.76. The van der Waals surface area contributed by atoms with E-state index in [9.17, 15) is 9.18 Å². The Balaban J connectivity index is 2.08. The van der Waals surface area contributed by atoms with Gasteiger partial charge in [-0.1, -0.05) is 17.7 Å². The number of carbonyl (C=O) groups is 1. The average Bonchev–Trinajstić information content (AvgIpc) is 2.76. The van der Waals surface area contributed by atoms with Crippen LogP contribution in [0, 0.1) is 17.7 Å². The van der Waals surface area contributed by atoms with Gasteiger partial charge in [0.1, 0.15) is 5.82 Å². The van der Waals surface area contributed by atoms with Gasteiger partial charge in [-0.2, -0.15) is 0 Å². The second-order valence-electron chi connectivity index (χ2n) is 4.19. The van der Waals surface area contributed by atoms with E-state index < -0.39 is 11.8 Å². The molecule has 0 aliphatic heterocycles. The van der Waals surface area contributed by atoms with Crippen molar-refractivity contribution < 1.29 is 14.3 Å². The molecule has 3 unspecified atom stereocenters. The molecule has 2 aliphatic carbocycles. The van der Waals surface area contributed by atoms with Gasteiger partial charge in [0.15, 0.2) is 0 Å². The fraction of sp³-hybridized carbons (Fsp3) is 0.364. The average molecular weight is 227 g/mol. The normalized spacial score (nSPS) is 30.9. The molecule has 3 rings (SSSR count). The van der Waals surface area contributed by atoms with Gasteiger partial charge < -0.3 is 5.11 Å². The van der Waals surface area contributed by atoms with Crippen molar-refractivity contribution in [2.24, 2.45) is 11.8 Å². The first-order chi connectivity index (χ1) is 7.11. The summed E-state index contributed by atoms with van der Waals surface area (Å²) in [6.07, 6.45) is 0.719. The van der Waals surface area contributed by atoms with E-state index in [0.29, 0.717) is 0 Å². The third kappa shape index (κ3) is 1.07. The molecule has 0 saturated heterocycles. The van der Waals surface area contributed by atoms with Gasteiger partial charge in [0.2, 0.25) is 0 Å². The van der Waals surface area contributed by atoms with Crippen LogP contribution in [0.2, 0.25) is 5.02 Å². The van der Waals surface area contributed by atoms with Gasteiger partial charge in [-0.3, -0.25) is 4.79 Å². The van der Waals surface area contributed by atoms with E-state index >= 15 is 0 Å². The number of hydrogen-bond acceptors (Lipinski definition) is 1. The van der Waals surface area contributed by atoms with Crippen molar-refractivity contribution in [3.05, 3.63) is 34.1 Å². The summed E-state index contributed by atoms with van der Waals surface area (Å²) >= 11 is 5.86. The van der Waals surface area contributed by atoms with Gasteiger partial charge in [0.25, 0.3) is 0 Å². The molecule has 4 heteroatoms. The molecule has 3 atom stereocenters. The van der Waals surface area contributed by atoms with E-state index in [1.807, 2.05) is 0 Å². The summed E-state index contributed by atoms with van der Waals surface area (Å²) in [6, 6.07) is 3.06. The molecular formula is C11H8ClFO2. The number of carboxylic acids is 1. The number of rotatable bonds is 1. The summed E-state index contributed by atoms with van der Waals surface area (Å²) in [5.41, 5.74) is 1.74. The molecule has 1 fully saturated rings. The van der Waals surface area contributed by atoms with Crippen molar-refractivity contribution in [3.63, 3.8) is 0 Å². The zero-order chi connectivity index (χ0) is 10.7. The van der Waals surface area contributed by atoms with Gasteiger partial charge in [-0.25, -0.2) is 4.39 Å². The van der Waals surface area contributed by atoms with Crippen LogP contribution >= 0.6 is 11.6 Å². The second kappa shape index (κ2) is 2.73. The molecule has 1 aromatic carbocycles. The molecule has 1 aromatic rings. The standard InChI is InChI=1S/C11H8ClFO2/c12-10-6(13)2-1-4-3-5-8(7(4)10)9(5)11(14)15/h1-2,5,8-9H,3H2,(H,14,15). The fourth-order valence-corrected chi connectivity index (χ4v) is 3.07. The molecule has 1 N–H and O–H groups in total. The van der Waals surface area contributed by atoms with E-state index in [0.717, 1.165) is 17.5 Å². The van der Waals surface area contributed by atoms with E-state index in [2.05, 4.69) is 0 Å². The van der Waals surface area contributed by atoms with Crippen LogP contribution in [-0.2, 0) is 11.2 Å². The Morgan fingerprint density at radius 1 is 1.53 bits per heavy atom. The molecule has 0 bridgehead atoms. The zero-order valence-electron chi connectivity index (χ0n) is 7.71. The van der Waals surface area contributed by atoms with Crippen molar-refractivity contribution in [2.75, 3.05) is 0 Å². The molecule has 0 radical (unpaired) electrons. The predicted octanol–water partition coefficient (Wildman–Crippen LogP) is 2.45. The van der Waals surface area contributed by atoms with Crippen LogP contribution in [0.5, 0.6) is 0 Å². The Hall–Kier alpha value is -1.09. The van der Waals surface area contributed by atoms with Crippen molar-refractivity contribution in [3.8, 4) is 0 Å². The Morgan fingerprint density at radius 2 is 2.27 bits per heavy atom. The second-order valence-corrected chi connectivity index (χ2v) is 4.57. The minimum atomic E-state index is -0.795. The Morgan fingerprint density at radius 3 is 2.93 bits per heavy atom. The van der Waals surface area contributed by atoms with Crippen molar-refractivity contribution in [1.29, 1.82) is 0 Å². The van der Waals surface area contributed by atoms with Crippen LogP contribution < -0.4 is 0 Å². The number of fused-ring (bicyclic) bond motifs is 3. The maximum absolute atomic E-state index is 13.2. The summed E-state index contributed by atoms with van der Waals surface area (Å²) in [4.78, 5) is 10.8. The third-order valence-electron chi connectivity index (χ3n) is 3.47. The monoisotopic (exact) mass is 226 g/mol. The van der Waals surface area contributed by atoms with Crippen LogP contribution in [0.4, 0.5) is 4.39 Å². The van der Waals surface area contributed by atoms with Crippen LogP contribution in [-0.4, -0.2) is 11.1 Å². The quantitative estimate of drug-likeness (QED) is 0.799. The molecule has 15 heavy (non-hydrogen) atoms. The first-order valence-electron chi connectivity index (χ1n) is 4.81. The number of carboxylic acid groups (broad SMARTS) is 1. The van der Waals surface area contributed by atoms with Crippen LogP contribution in [0.3, 0.4) is 0 Å². The topological polar surface area (TPSA) is 37.3 Å². The van der Waals surface area contributed by atoms with Crippen LogP contribution in [0.25, 0.3) is 0 Å². The molecule has 2 aliphatic rings. The molecule has 0 spiro atoms. The third-order valence-corrected chi connectivity index (χ3v) is 3.85. The molecule has 2 nitrogen and oxygen atoms in total. The largest absolute Gasteiger partial charge is 0.481 e. The summed E-state index contributed by atoms with van der Waals surface area (Å²) in [5.74, 6) is -1.52. The highest BCUT2D eigenvalue weighted by Gasteiger charge is 2.60. The Bertz CT molecular complexity index is 472. The highest BCUT2D eigenvalue weighted by molar-refractivity contribution is 6.31. The maximum atomic E-state index is 13.2. The zero-order valence-corrected chi connectivity index (χ0v) is 8.46. The van der Waals surface area contributed by atoms with Gasteiger partial charge in [-0.15, -0.1) is 0 Å². The van der Waals surface area contributed by atoms with E-state index in [4.69, 9.17) is 16.7 Å². The van der Waals surface area contributed by atoms with Crippen LogP contribution in [0.15, 0.2) is 12.1 Å². The number of benzene rings is 1. The summed E-state index contributed by atoms with van der Waals surface area (Å²) in [6.45, 7) is 0. The van der Waals surface area contributed by atoms with E-state index in [-0.39, 0.29) is 22.8 Å². The predicted molar refractivity (Wildman–Crippen MR) is 52.5 cm³/mol. The highest BCUT2D eigenvalue weighted by Crippen LogP contribution is 2.63. The summed E-state index contributed by atoms with van der Waals surface area (Å²) < 4.78 is 13.2. The lowest BCUT2D eigenvalue weighted by Gasteiger charge is -2.07. The van der Waals surface area contributed by atoms with Crippen molar-refractivity contribution in [1.82, 2.24) is 0 Å². The maximum Gasteiger partial charge on any atom is 0.307 e. The molecule has 0 amide bonds. The lowest BCUT2D eigenvalue weighted by molar-refractivity contribution is -0.139. The van der Waals surface area contributed by atoms with E-state index in [1.165, 1.54) is 6.07 Å². The smallest absolute Gasteiger partial charge is 0.307 e. The van der Waals surface area contributed by atoms with E-state index in [1.54, 1.807) is 6.07 Å². The number of aliphatic carboxylic acids is 1. The van der Waals surface area contributed by atoms with Gasteiger partial charge in [-0.05, 0) is 29.5 Å². The van der Waals surface area contributed by atoms with Crippen molar-refractivity contribution in [2.45, 2.75) is 12.3 Å². The van der Waals surface area contributed by atoms with Gasteiger partial charge in [0.05, 0.1) is 10.9 Å². The molecule has 0 aromatic heterocycles. The van der Waals surface area contributed by atoms with Gasteiger partial charge in [0, 0.05) is 5.92 Å². The minimum absolute atomic E-state index is 0.0549. The SMILES string of the molecule is O=C(O)C1C2Cc3ccc(F)c(Cl)c3C21. The van der Waals surface area contributed by atoms with Crippen LogP contribution in [0.1, 0.15) is 17.0 Å². The Labute approximate surface area is 90.7 Å². The molecule has 1 saturated carbocycles. The lowest BCUT2D eigenvalue weighted by Crippen LogP contribution is -2.05. The van der Waals surface area contributed by atoms with Gasteiger partial charge >= 0.3 is 5.97 Å².